The molecule has 0 aliphatic rings. The van der Waals surface area contributed by atoms with Crippen molar-refractivity contribution in [3.63, 3.8) is 0 Å². The van der Waals surface area contributed by atoms with Gasteiger partial charge in [-0.2, -0.15) is 0 Å². The van der Waals surface area contributed by atoms with Gasteiger partial charge in [-0.15, -0.1) is 0 Å². The van der Waals surface area contributed by atoms with Gasteiger partial charge in [-0.1, -0.05) is 0 Å². The molecule has 1 rings (SSSR count). The van der Waals surface area contributed by atoms with Gasteiger partial charge in [0.15, 0.2) is 0 Å². The molecule has 0 aliphatic heterocycles. The fourth-order valence-electron chi connectivity index (χ4n) is 0.901. The summed E-state index contributed by atoms with van der Waals surface area (Å²) in [5.74, 6) is 0.837. The minimum atomic E-state index is 0.837. The number of hydrogen-bond acceptors (Lipinski definition) is 3. The standard InChI is InChI=1S/C9H15N3/c1-8-10-6-9(7-11-8)4-5-12(2)3/h6-7H,4-5H2,1-3H3. The molecule has 0 N–H and O–H groups in total. The van der Waals surface area contributed by atoms with Crippen molar-refractivity contribution in [2.75, 3.05) is 20.6 Å². The Bertz CT molecular complexity index is 228. The zero-order chi connectivity index (χ0) is 8.97. The van der Waals surface area contributed by atoms with Crippen LogP contribution in [-0.2, 0) is 6.42 Å². The third kappa shape index (κ3) is 2.96. The molecule has 0 radical (unpaired) electrons. The highest BCUT2D eigenvalue weighted by Crippen LogP contribution is 1.96. The van der Waals surface area contributed by atoms with Gasteiger partial charge in [-0.25, -0.2) is 9.97 Å². The molecular weight excluding hydrogens is 150 g/mol. The van der Waals surface area contributed by atoms with Crippen molar-refractivity contribution < 1.29 is 0 Å². The largest absolute Gasteiger partial charge is 0.309 e. The summed E-state index contributed by atoms with van der Waals surface area (Å²) in [5.41, 5.74) is 1.20. The van der Waals surface area contributed by atoms with Crippen LogP contribution in [0.2, 0.25) is 0 Å². The molecule has 0 spiro atoms. The first-order valence-corrected chi connectivity index (χ1v) is 4.11. The summed E-state index contributed by atoms with van der Waals surface area (Å²) in [6.45, 7) is 2.95. The summed E-state index contributed by atoms with van der Waals surface area (Å²) >= 11 is 0. The van der Waals surface area contributed by atoms with Crippen molar-refractivity contribution in [2.24, 2.45) is 0 Å². The first-order valence-electron chi connectivity index (χ1n) is 4.11. The van der Waals surface area contributed by atoms with Crippen LogP contribution in [-0.4, -0.2) is 35.5 Å². The fraction of sp³-hybridized carbons (Fsp3) is 0.556. The maximum atomic E-state index is 4.13. The molecule has 0 aromatic carbocycles. The van der Waals surface area contributed by atoms with E-state index in [0.29, 0.717) is 0 Å². The molecule has 12 heavy (non-hydrogen) atoms. The van der Waals surface area contributed by atoms with E-state index >= 15 is 0 Å². The van der Waals surface area contributed by atoms with E-state index in [0.717, 1.165) is 18.8 Å². The maximum Gasteiger partial charge on any atom is 0.125 e. The molecule has 1 aromatic heterocycles. The molecule has 0 saturated carbocycles. The summed E-state index contributed by atoms with van der Waals surface area (Å²) in [6.07, 6.45) is 4.81. The number of aryl methyl sites for hydroxylation is 1. The van der Waals surface area contributed by atoms with Crippen LogP contribution in [0.3, 0.4) is 0 Å². The van der Waals surface area contributed by atoms with Crippen LogP contribution in [0.4, 0.5) is 0 Å². The van der Waals surface area contributed by atoms with E-state index in [4.69, 9.17) is 0 Å². The van der Waals surface area contributed by atoms with Crippen LogP contribution in [0.25, 0.3) is 0 Å². The first-order chi connectivity index (χ1) is 5.68. The lowest BCUT2D eigenvalue weighted by Gasteiger charge is -2.08. The van der Waals surface area contributed by atoms with Gasteiger partial charge < -0.3 is 4.90 Å². The zero-order valence-electron chi connectivity index (χ0n) is 7.91. The lowest BCUT2D eigenvalue weighted by Crippen LogP contribution is -2.15. The van der Waals surface area contributed by atoms with Crippen LogP contribution in [0, 0.1) is 6.92 Å². The SMILES string of the molecule is Cc1ncc(CCN(C)C)cn1. The van der Waals surface area contributed by atoms with Gasteiger partial charge in [-0.3, -0.25) is 0 Å². The van der Waals surface area contributed by atoms with Gasteiger partial charge in [0.2, 0.25) is 0 Å². The highest BCUT2D eigenvalue weighted by molar-refractivity contribution is 5.04. The summed E-state index contributed by atoms with van der Waals surface area (Å²) in [4.78, 5) is 10.4. The molecule has 3 nitrogen and oxygen atoms in total. The Morgan fingerprint density at radius 1 is 1.25 bits per heavy atom. The number of likely N-dealkylation sites (N-methyl/N-ethyl adjacent to an activating group) is 1. The average molecular weight is 165 g/mol. The molecule has 0 fully saturated rings. The molecule has 1 aromatic rings. The van der Waals surface area contributed by atoms with Crippen LogP contribution < -0.4 is 0 Å². The lowest BCUT2D eigenvalue weighted by atomic mass is 10.2. The Kier molecular flexibility index (Phi) is 3.17. The van der Waals surface area contributed by atoms with E-state index in [1.54, 1.807) is 0 Å². The Balaban J connectivity index is 2.48. The minimum Gasteiger partial charge on any atom is -0.309 e. The van der Waals surface area contributed by atoms with Crippen molar-refractivity contribution in [3.8, 4) is 0 Å². The molecule has 0 aliphatic carbocycles. The summed E-state index contributed by atoms with van der Waals surface area (Å²) in [7, 11) is 4.13. The van der Waals surface area contributed by atoms with Gasteiger partial charge in [0, 0.05) is 18.9 Å². The van der Waals surface area contributed by atoms with Crippen molar-refractivity contribution in [3.05, 3.63) is 23.8 Å². The van der Waals surface area contributed by atoms with E-state index in [1.165, 1.54) is 5.56 Å². The molecule has 1 heterocycles. The summed E-state index contributed by atoms with van der Waals surface area (Å²) < 4.78 is 0. The molecule has 0 saturated heterocycles. The Hall–Kier alpha value is -0.960. The predicted molar refractivity (Wildman–Crippen MR) is 49.0 cm³/mol. The lowest BCUT2D eigenvalue weighted by molar-refractivity contribution is 0.413. The second-order valence-electron chi connectivity index (χ2n) is 3.19. The normalized spacial score (nSPS) is 10.7. The second kappa shape index (κ2) is 4.16. The third-order valence-electron chi connectivity index (χ3n) is 1.68. The van der Waals surface area contributed by atoms with E-state index < -0.39 is 0 Å². The highest BCUT2D eigenvalue weighted by atomic mass is 15.0. The molecule has 0 bridgehead atoms. The summed E-state index contributed by atoms with van der Waals surface area (Å²) in [5, 5.41) is 0. The van der Waals surface area contributed by atoms with Crippen molar-refractivity contribution in [2.45, 2.75) is 13.3 Å². The van der Waals surface area contributed by atoms with E-state index in [9.17, 15) is 0 Å². The van der Waals surface area contributed by atoms with Crippen LogP contribution in [0.1, 0.15) is 11.4 Å². The molecular formula is C9H15N3. The Morgan fingerprint density at radius 3 is 2.33 bits per heavy atom. The molecule has 0 amide bonds. The number of rotatable bonds is 3. The van der Waals surface area contributed by atoms with E-state index in [-0.39, 0.29) is 0 Å². The number of nitrogens with zero attached hydrogens (tertiary/aromatic N) is 3. The predicted octanol–water partition coefficient (Wildman–Crippen LogP) is 0.889. The van der Waals surface area contributed by atoms with Crippen LogP contribution >= 0.6 is 0 Å². The monoisotopic (exact) mass is 165 g/mol. The summed E-state index contributed by atoms with van der Waals surface area (Å²) in [6, 6.07) is 0. The quantitative estimate of drug-likeness (QED) is 0.666. The zero-order valence-corrected chi connectivity index (χ0v) is 7.91. The third-order valence-corrected chi connectivity index (χ3v) is 1.68. The van der Waals surface area contributed by atoms with Gasteiger partial charge in [0.05, 0.1) is 0 Å². The Morgan fingerprint density at radius 2 is 1.83 bits per heavy atom. The minimum absolute atomic E-state index is 0.837. The van der Waals surface area contributed by atoms with Crippen LogP contribution in [0.15, 0.2) is 12.4 Å². The van der Waals surface area contributed by atoms with Crippen molar-refractivity contribution in [1.29, 1.82) is 0 Å². The first kappa shape index (κ1) is 9.13. The van der Waals surface area contributed by atoms with Crippen molar-refractivity contribution in [1.82, 2.24) is 14.9 Å². The molecule has 0 unspecified atom stereocenters. The van der Waals surface area contributed by atoms with Crippen molar-refractivity contribution >= 4 is 0 Å². The molecule has 0 atom stereocenters. The van der Waals surface area contributed by atoms with E-state index in [1.807, 2.05) is 19.3 Å². The molecule has 66 valence electrons. The average Bonchev–Trinajstić information content (AvgIpc) is 2.03. The second-order valence-corrected chi connectivity index (χ2v) is 3.19. The topological polar surface area (TPSA) is 29.0 Å². The molecule has 3 heteroatoms. The van der Waals surface area contributed by atoms with Gasteiger partial charge in [-0.05, 0) is 33.0 Å². The van der Waals surface area contributed by atoms with Gasteiger partial charge >= 0.3 is 0 Å². The fourth-order valence-corrected chi connectivity index (χ4v) is 0.901. The highest BCUT2D eigenvalue weighted by Gasteiger charge is 1.95. The van der Waals surface area contributed by atoms with Gasteiger partial charge in [0.25, 0.3) is 0 Å². The maximum absolute atomic E-state index is 4.13. The number of hydrogen-bond donors (Lipinski definition) is 0. The van der Waals surface area contributed by atoms with Gasteiger partial charge in [0.1, 0.15) is 5.82 Å². The van der Waals surface area contributed by atoms with Crippen LogP contribution in [0.5, 0.6) is 0 Å². The Labute approximate surface area is 73.5 Å². The number of aromatic nitrogens is 2. The van der Waals surface area contributed by atoms with E-state index in [2.05, 4.69) is 29.0 Å². The smallest absolute Gasteiger partial charge is 0.125 e.